The van der Waals surface area contributed by atoms with Crippen molar-refractivity contribution in [2.24, 2.45) is 0 Å². The van der Waals surface area contributed by atoms with E-state index in [2.05, 4.69) is 61.9 Å². The third kappa shape index (κ3) is 4.08. The molecule has 0 atom stereocenters. The molecule has 5 nitrogen and oxygen atoms in total. The zero-order chi connectivity index (χ0) is 23.1. The number of nitrogens with zero attached hydrogens (tertiary/aromatic N) is 3. The van der Waals surface area contributed by atoms with Gasteiger partial charge in [0.25, 0.3) is 0 Å². The summed E-state index contributed by atoms with van der Waals surface area (Å²) in [6.07, 6.45) is 1.56. The average molecular weight is 435 g/mol. The molecule has 0 radical (unpaired) electrons. The third-order valence-corrected chi connectivity index (χ3v) is 6.53. The Labute approximate surface area is 195 Å². The van der Waals surface area contributed by atoms with Gasteiger partial charge in [-0.05, 0) is 44.3 Å². The summed E-state index contributed by atoms with van der Waals surface area (Å²) in [6.45, 7) is 8.21. The molecular weight excluding hydrogens is 409 g/mol. The maximum atomic E-state index is 6.29. The molecule has 0 saturated carbocycles. The molecule has 1 saturated heterocycles. The number of aromatic nitrogens is 3. The van der Waals surface area contributed by atoms with Crippen molar-refractivity contribution in [2.45, 2.75) is 38.9 Å². The van der Waals surface area contributed by atoms with Crippen LogP contribution in [0.15, 0.2) is 85.2 Å². The summed E-state index contributed by atoms with van der Waals surface area (Å²) in [5.41, 5.74) is 4.21. The van der Waals surface area contributed by atoms with Gasteiger partial charge in [-0.1, -0.05) is 78.9 Å². The summed E-state index contributed by atoms with van der Waals surface area (Å²) >= 11 is 0. The predicted octanol–water partition coefficient (Wildman–Crippen LogP) is 5.17. The molecule has 1 aromatic heterocycles. The first-order valence-electron chi connectivity index (χ1n) is 11.1. The minimum atomic E-state index is -0.489. The standard InChI is InChI=1S/C27H26BN3O2/c1-26(2)27(3,4)33-28(32-26)23-13-9-8-12-22(23)25-30-18-29-24(31-25)21-16-14-20(15-17-21)19-10-6-5-7-11-19/h5-18H,1-4H3. The Hall–Kier alpha value is -3.35. The molecule has 0 bridgehead atoms. The van der Waals surface area contributed by atoms with Crippen LogP contribution >= 0.6 is 0 Å². The normalized spacial score (nSPS) is 16.7. The fourth-order valence-corrected chi connectivity index (χ4v) is 3.88. The predicted molar refractivity (Wildman–Crippen MR) is 132 cm³/mol. The lowest BCUT2D eigenvalue weighted by molar-refractivity contribution is 0.00578. The van der Waals surface area contributed by atoms with Crippen molar-refractivity contribution in [3.63, 3.8) is 0 Å². The molecule has 1 fully saturated rings. The van der Waals surface area contributed by atoms with E-state index < -0.39 is 18.3 Å². The van der Waals surface area contributed by atoms with Gasteiger partial charge in [0.1, 0.15) is 6.33 Å². The maximum Gasteiger partial charge on any atom is 0.495 e. The van der Waals surface area contributed by atoms with Crippen molar-refractivity contribution in [3.8, 4) is 33.9 Å². The van der Waals surface area contributed by atoms with Gasteiger partial charge in [-0.25, -0.2) is 15.0 Å². The second kappa shape index (κ2) is 8.21. The lowest BCUT2D eigenvalue weighted by Gasteiger charge is -2.32. The molecule has 0 unspecified atom stereocenters. The van der Waals surface area contributed by atoms with Crippen molar-refractivity contribution in [3.05, 3.63) is 85.2 Å². The second-order valence-electron chi connectivity index (χ2n) is 9.25. The quantitative estimate of drug-likeness (QED) is 0.414. The zero-order valence-corrected chi connectivity index (χ0v) is 19.3. The van der Waals surface area contributed by atoms with Crippen LogP contribution in [0.25, 0.3) is 33.9 Å². The first kappa shape index (κ1) is 21.5. The molecule has 0 N–H and O–H groups in total. The molecule has 4 aromatic rings. The SMILES string of the molecule is CC1(C)OB(c2ccccc2-c2ncnc(-c3ccc(-c4ccccc4)cc3)n2)OC1(C)C. The molecule has 3 aromatic carbocycles. The molecule has 0 aliphatic carbocycles. The van der Waals surface area contributed by atoms with Crippen LogP contribution in [0.5, 0.6) is 0 Å². The van der Waals surface area contributed by atoms with Gasteiger partial charge in [0.2, 0.25) is 0 Å². The van der Waals surface area contributed by atoms with Gasteiger partial charge in [0, 0.05) is 11.1 Å². The molecular formula is C27H26BN3O2. The Morgan fingerprint density at radius 3 is 1.85 bits per heavy atom. The summed E-state index contributed by atoms with van der Waals surface area (Å²) in [6, 6.07) is 26.5. The van der Waals surface area contributed by atoms with E-state index in [1.165, 1.54) is 5.56 Å². The molecule has 33 heavy (non-hydrogen) atoms. The maximum absolute atomic E-state index is 6.29. The van der Waals surface area contributed by atoms with Crippen molar-refractivity contribution in [2.75, 3.05) is 0 Å². The van der Waals surface area contributed by atoms with Gasteiger partial charge in [-0.15, -0.1) is 0 Å². The molecule has 5 rings (SSSR count). The van der Waals surface area contributed by atoms with Gasteiger partial charge < -0.3 is 9.31 Å². The smallest absolute Gasteiger partial charge is 0.399 e. The van der Waals surface area contributed by atoms with Gasteiger partial charge >= 0.3 is 7.12 Å². The zero-order valence-electron chi connectivity index (χ0n) is 19.3. The van der Waals surface area contributed by atoms with Crippen LogP contribution in [0.3, 0.4) is 0 Å². The van der Waals surface area contributed by atoms with Gasteiger partial charge in [-0.3, -0.25) is 0 Å². The minimum absolute atomic E-state index is 0.421. The summed E-state index contributed by atoms with van der Waals surface area (Å²) in [5.74, 6) is 1.22. The molecule has 164 valence electrons. The molecule has 0 amide bonds. The Morgan fingerprint density at radius 1 is 0.606 bits per heavy atom. The summed E-state index contributed by atoms with van der Waals surface area (Å²) in [4.78, 5) is 13.7. The van der Waals surface area contributed by atoms with Crippen molar-refractivity contribution < 1.29 is 9.31 Å². The largest absolute Gasteiger partial charge is 0.495 e. The molecule has 2 heterocycles. The fourth-order valence-electron chi connectivity index (χ4n) is 3.88. The van der Waals surface area contributed by atoms with Gasteiger partial charge in [0.15, 0.2) is 11.6 Å². The Bertz CT molecular complexity index is 1260. The summed E-state index contributed by atoms with van der Waals surface area (Å²) < 4.78 is 12.6. The van der Waals surface area contributed by atoms with Crippen molar-refractivity contribution in [1.82, 2.24) is 15.0 Å². The first-order chi connectivity index (χ1) is 15.8. The Kier molecular flexibility index (Phi) is 5.35. The fraction of sp³-hybridized carbons (Fsp3) is 0.222. The van der Waals surface area contributed by atoms with E-state index in [-0.39, 0.29) is 0 Å². The summed E-state index contributed by atoms with van der Waals surface area (Å²) in [5, 5.41) is 0. The lowest BCUT2D eigenvalue weighted by Crippen LogP contribution is -2.41. The van der Waals surface area contributed by atoms with Crippen LogP contribution in [0, 0.1) is 0 Å². The van der Waals surface area contributed by atoms with Crippen LogP contribution < -0.4 is 5.46 Å². The second-order valence-corrected chi connectivity index (χ2v) is 9.25. The van der Waals surface area contributed by atoms with E-state index >= 15 is 0 Å². The van der Waals surface area contributed by atoms with Crippen molar-refractivity contribution in [1.29, 1.82) is 0 Å². The third-order valence-electron chi connectivity index (χ3n) is 6.53. The highest BCUT2D eigenvalue weighted by Crippen LogP contribution is 2.37. The van der Waals surface area contributed by atoms with Crippen LogP contribution in [0.2, 0.25) is 0 Å². The van der Waals surface area contributed by atoms with Crippen LogP contribution in [-0.4, -0.2) is 33.3 Å². The highest BCUT2D eigenvalue weighted by atomic mass is 16.7. The van der Waals surface area contributed by atoms with E-state index in [0.717, 1.165) is 22.2 Å². The van der Waals surface area contributed by atoms with E-state index in [4.69, 9.17) is 14.3 Å². The lowest BCUT2D eigenvalue weighted by atomic mass is 9.75. The highest BCUT2D eigenvalue weighted by molar-refractivity contribution is 6.63. The van der Waals surface area contributed by atoms with E-state index in [0.29, 0.717) is 11.6 Å². The van der Waals surface area contributed by atoms with Gasteiger partial charge in [0.05, 0.1) is 11.2 Å². The van der Waals surface area contributed by atoms with Crippen LogP contribution in [0.1, 0.15) is 27.7 Å². The van der Waals surface area contributed by atoms with Crippen LogP contribution in [0.4, 0.5) is 0 Å². The van der Waals surface area contributed by atoms with E-state index in [1.54, 1.807) is 6.33 Å². The topological polar surface area (TPSA) is 57.1 Å². The Balaban J connectivity index is 1.48. The van der Waals surface area contributed by atoms with E-state index in [1.807, 2.05) is 54.6 Å². The van der Waals surface area contributed by atoms with Gasteiger partial charge in [-0.2, -0.15) is 0 Å². The van der Waals surface area contributed by atoms with Crippen molar-refractivity contribution >= 4 is 12.6 Å². The first-order valence-corrected chi connectivity index (χ1v) is 11.1. The highest BCUT2D eigenvalue weighted by Gasteiger charge is 2.52. The van der Waals surface area contributed by atoms with Crippen LogP contribution in [-0.2, 0) is 9.31 Å². The minimum Gasteiger partial charge on any atom is -0.399 e. The monoisotopic (exact) mass is 435 g/mol. The molecule has 6 heteroatoms. The number of benzene rings is 3. The Morgan fingerprint density at radius 2 is 1.15 bits per heavy atom. The molecule has 0 spiro atoms. The number of rotatable bonds is 4. The molecule has 1 aliphatic heterocycles. The number of hydrogen-bond donors (Lipinski definition) is 0. The molecule has 1 aliphatic rings. The summed E-state index contributed by atoms with van der Waals surface area (Å²) in [7, 11) is -0.489. The van der Waals surface area contributed by atoms with E-state index in [9.17, 15) is 0 Å². The number of hydrogen-bond acceptors (Lipinski definition) is 5. The average Bonchev–Trinajstić information content (AvgIpc) is 3.06.